The summed E-state index contributed by atoms with van der Waals surface area (Å²) >= 11 is 0. The van der Waals surface area contributed by atoms with Crippen molar-refractivity contribution in [3.05, 3.63) is 95.8 Å². The highest BCUT2D eigenvalue weighted by molar-refractivity contribution is 5.94. The molecule has 1 aliphatic rings. The molecule has 0 radical (unpaired) electrons. The first-order valence-electron chi connectivity index (χ1n) is 11.9. The van der Waals surface area contributed by atoms with E-state index in [0.29, 0.717) is 12.0 Å². The lowest BCUT2D eigenvalue weighted by Gasteiger charge is -2.32. The summed E-state index contributed by atoms with van der Waals surface area (Å²) in [6.45, 7) is 5.22. The number of aromatic nitrogens is 1. The summed E-state index contributed by atoms with van der Waals surface area (Å²) in [4.78, 5) is 19.4. The number of carbonyl (C=O) groups excluding carboxylic acids is 1. The second-order valence-corrected chi connectivity index (χ2v) is 8.82. The number of likely N-dealkylation sites (tertiary alicyclic amines) is 1. The molecule has 0 spiro atoms. The van der Waals surface area contributed by atoms with Crippen LogP contribution in [0, 0.1) is 0 Å². The molecular weight excluding hydrogens is 410 g/mol. The Kier molecular flexibility index (Phi) is 8.09. The number of nitrogens with zero attached hydrogens (tertiary/aromatic N) is 2. The first-order valence-corrected chi connectivity index (χ1v) is 11.9. The number of hydrogen-bond donors (Lipinski definition) is 1. The van der Waals surface area contributed by atoms with Crippen LogP contribution in [-0.4, -0.2) is 47.6 Å². The highest BCUT2D eigenvalue weighted by Crippen LogP contribution is 2.20. The SMILES string of the molecule is C[C@H](Cc1ccccn1)NC(=O)c1ccc(OC2CCN(CCc3ccccc3)CC2)cc1. The van der Waals surface area contributed by atoms with E-state index in [1.165, 1.54) is 5.56 Å². The van der Waals surface area contributed by atoms with Gasteiger partial charge in [0.1, 0.15) is 11.9 Å². The summed E-state index contributed by atoms with van der Waals surface area (Å²) in [6.07, 6.45) is 5.87. The van der Waals surface area contributed by atoms with Crippen molar-refractivity contribution in [2.24, 2.45) is 0 Å². The van der Waals surface area contributed by atoms with E-state index in [-0.39, 0.29) is 18.1 Å². The van der Waals surface area contributed by atoms with Crippen LogP contribution in [0.1, 0.15) is 41.4 Å². The van der Waals surface area contributed by atoms with Crippen LogP contribution >= 0.6 is 0 Å². The van der Waals surface area contributed by atoms with E-state index in [1.807, 2.05) is 49.4 Å². The maximum atomic E-state index is 12.6. The number of ether oxygens (including phenoxy) is 1. The molecule has 4 rings (SSSR count). The summed E-state index contributed by atoms with van der Waals surface area (Å²) in [5, 5.41) is 3.05. The van der Waals surface area contributed by atoms with Gasteiger partial charge in [-0.25, -0.2) is 0 Å². The van der Waals surface area contributed by atoms with Crippen LogP contribution in [0.25, 0.3) is 0 Å². The quantitative estimate of drug-likeness (QED) is 0.528. The number of pyridine rings is 1. The molecular formula is C28H33N3O2. The van der Waals surface area contributed by atoms with Gasteiger partial charge in [-0.2, -0.15) is 0 Å². The Hall–Kier alpha value is -3.18. The highest BCUT2D eigenvalue weighted by atomic mass is 16.5. The van der Waals surface area contributed by atoms with Gasteiger partial charge in [-0.15, -0.1) is 0 Å². The van der Waals surface area contributed by atoms with Crippen molar-refractivity contribution in [2.75, 3.05) is 19.6 Å². The monoisotopic (exact) mass is 443 g/mol. The van der Waals surface area contributed by atoms with E-state index in [2.05, 4.69) is 45.5 Å². The van der Waals surface area contributed by atoms with E-state index in [0.717, 1.165) is 50.3 Å². The van der Waals surface area contributed by atoms with Crippen LogP contribution in [0.2, 0.25) is 0 Å². The Bertz CT molecular complexity index is 985. The molecule has 3 aromatic rings. The third kappa shape index (κ3) is 7.16. The van der Waals surface area contributed by atoms with Crippen LogP contribution in [0.5, 0.6) is 5.75 Å². The average Bonchev–Trinajstić information content (AvgIpc) is 2.85. The molecule has 1 fully saturated rings. The van der Waals surface area contributed by atoms with E-state index < -0.39 is 0 Å². The Morgan fingerprint density at radius 1 is 1.03 bits per heavy atom. The summed E-state index contributed by atoms with van der Waals surface area (Å²) in [6, 6.07) is 24.0. The average molecular weight is 444 g/mol. The summed E-state index contributed by atoms with van der Waals surface area (Å²) in [5.41, 5.74) is 3.01. The molecule has 1 N–H and O–H groups in total. The van der Waals surface area contributed by atoms with Crippen molar-refractivity contribution >= 4 is 5.91 Å². The highest BCUT2D eigenvalue weighted by Gasteiger charge is 2.20. The Labute approximate surface area is 196 Å². The molecule has 1 amide bonds. The van der Waals surface area contributed by atoms with E-state index in [1.54, 1.807) is 6.20 Å². The van der Waals surface area contributed by atoms with Crippen LogP contribution < -0.4 is 10.1 Å². The number of hydrogen-bond acceptors (Lipinski definition) is 4. The lowest BCUT2D eigenvalue weighted by molar-refractivity contribution is 0.0939. The van der Waals surface area contributed by atoms with Gasteiger partial charge in [0.25, 0.3) is 5.91 Å². The fourth-order valence-electron chi connectivity index (χ4n) is 4.25. The number of amides is 1. The molecule has 1 aromatic heterocycles. The molecule has 0 bridgehead atoms. The van der Waals surface area contributed by atoms with Gasteiger partial charge >= 0.3 is 0 Å². The number of piperidine rings is 1. The fraction of sp³-hybridized carbons (Fsp3) is 0.357. The van der Waals surface area contributed by atoms with Gasteiger partial charge in [0, 0.05) is 49.6 Å². The zero-order valence-electron chi connectivity index (χ0n) is 19.3. The predicted molar refractivity (Wildman–Crippen MR) is 132 cm³/mol. The molecule has 5 nitrogen and oxygen atoms in total. The summed E-state index contributed by atoms with van der Waals surface area (Å²) < 4.78 is 6.19. The fourth-order valence-corrected chi connectivity index (χ4v) is 4.25. The minimum Gasteiger partial charge on any atom is -0.490 e. The van der Waals surface area contributed by atoms with Gasteiger partial charge in [0.15, 0.2) is 0 Å². The Morgan fingerprint density at radius 2 is 1.76 bits per heavy atom. The smallest absolute Gasteiger partial charge is 0.251 e. The van der Waals surface area contributed by atoms with Gasteiger partial charge in [0.2, 0.25) is 0 Å². The minimum atomic E-state index is -0.0725. The molecule has 0 saturated carbocycles. The topological polar surface area (TPSA) is 54.5 Å². The molecule has 0 aliphatic carbocycles. The first kappa shape index (κ1) is 23.0. The molecule has 172 valence electrons. The van der Waals surface area contributed by atoms with Crippen molar-refractivity contribution in [2.45, 2.75) is 44.8 Å². The molecule has 2 aromatic carbocycles. The van der Waals surface area contributed by atoms with Crippen LogP contribution in [0.4, 0.5) is 0 Å². The molecule has 1 atom stereocenters. The van der Waals surface area contributed by atoms with Gasteiger partial charge in [-0.1, -0.05) is 36.4 Å². The number of benzene rings is 2. The normalized spacial score (nSPS) is 15.7. The van der Waals surface area contributed by atoms with Crippen LogP contribution in [-0.2, 0) is 12.8 Å². The first-order chi connectivity index (χ1) is 16.2. The standard InChI is InChI=1S/C28H33N3O2/c1-22(21-25-9-5-6-17-29-25)30-28(32)24-10-12-26(13-11-24)33-27-15-19-31(20-16-27)18-14-23-7-3-2-4-8-23/h2-13,17,22,27H,14-16,18-21H2,1H3,(H,30,32)/t22-/m1/s1. The predicted octanol–water partition coefficient (Wildman–Crippen LogP) is 4.53. The Morgan fingerprint density at radius 3 is 2.45 bits per heavy atom. The number of carbonyl (C=O) groups is 1. The van der Waals surface area contributed by atoms with Gasteiger partial charge in [-0.05, 0) is 68.1 Å². The van der Waals surface area contributed by atoms with Gasteiger partial charge < -0.3 is 15.0 Å². The molecule has 2 heterocycles. The van der Waals surface area contributed by atoms with Crippen molar-refractivity contribution in [3.8, 4) is 5.75 Å². The van der Waals surface area contributed by atoms with Crippen LogP contribution in [0.15, 0.2) is 79.0 Å². The van der Waals surface area contributed by atoms with Gasteiger partial charge in [-0.3, -0.25) is 9.78 Å². The zero-order valence-corrected chi connectivity index (χ0v) is 19.3. The zero-order chi connectivity index (χ0) is 22.9. The van der Waals surface area contributed by atoms with E-state index >= 15 is 0 Å². The molecule has 33 heavy (non-hydrogen) atoms. The molecule has 1 aliphatic heterocycles. The number of rotatable bonds is 9. The van der Waals surface area contributed by atoms with Gasteiger partial charge in [0.05, 0.1) is 0 Å². The van der Waals surface area contributed by atoms with Crippen molar-refractivity contribution in [1.82, 2.24) is 15.2 Å². The van der Waals surface area contributed by atoms with E-state index in [9.17, 15) is 4.79 Å². The molecule has 5 heteroatoms. The second-order valence-electron chi connectivity index (χ2n) is 8.82. The molecule has 1 saturated heterocycles. The third-order valence-corrected chi connectivity index (χ3v) is 6.13. The van der Waals surface area contributed by atoms with Crippen molar-refractivity contribution in [1.29, 1.82) is 0 Å². The second kappa shape index (κ2) is 11.6. The lowest BCUT2D eigenvalue weighted by Crippen LogP contribution is -2.39. The maximum Gasteiger partial charge on any atom is 0.251 e. The maximum absolute atomic E-state index is 12.6. The number of nitrogens with one attached hydrogen (secondary N) is 1. The molecule has 0 unspecified atom stereocenters. The van der Waals surface area contributed by atoms with E-state index in [4.69, 9.17) is 4.74 Å². The summed E-state index contributed by atoms with van der Waals surface area (Å²) in [5.74, 6) is 0.757. The summed E-state index contributed by atoms with van der Waals surface area (Å²) in [7, 11) is 0. The largest absolute Gasteiger partial charge is 0.490 e. The Balaban J connectivity index is 1.19. The lowest BCUT2D eigenvalue weighted by atomic mass is 10.1. The van der Waals surface area contributed by atoms with Crippen molar-refractivity contribution in [3.63, 3.8) is 0 Å². The van der Waals surface area contributed by atoms with Crippen molar-refractivity contribution < 1.29 is 9.53 Å². The van der Waals surface area contributed by atoms with Crippen LogP contribution in [0.3, 0.4) is 0 Å². The third-order valence-electron chi connectivity index (χ3n) is 6.13. The minimum absolute atomic E-state index is 0.00963.